The predicted octanol–water partition coefficient (Wildman–Crippen LogP) is 2.85. The van der Waals surface area contributed by atoms with Gasteiger partial charge in [0.1, 0.15) is 6.04 Å². The predicted molar refractivity (Wildman–Crippen MR) is 95.2 cm³/mol. The fourth-order valence-corrected chi connectivity index (χ4v) is 2.81. The summed E-state index contributed by atoms with van der Waals surface area (Å²) in [4.78, 5) is 37.6. The minimum Gasteiger partial charge on any atom is -0.480 e. The number of hydrogen-bond donors (Lipinski definition) is 3. The molecule has 1 amide bonds. The van der Waals surface area contributed by atoms with Crippen molar-refractivity contribution >= 4 is 22.8 Å². The summed E-state index contributed by atoms with van der Waals surface area (Å²) in [5.41, 5.74) is 1.97. The largest absolute Gasteiger partial charge is 0.480 e. The van der Waals surface area contributed by atoms with Gasteiger partial charge in [0.05, 0.1) is 0 Å². The van der Waals surface area contributed by atoms with Crippen LogP contribution in [0.15, 0.2) is 35.6 Å². The van der Waals surface area contributed by atoms with Crippen LogP contribution in [0.4, 0.5) is 0 Å². The van der Waals surface area contributed by atoms with E-state index in [2.05, 4.69) is 15.5 Å². The second kappa shape index (κ2) is 8.41. The van der Waals surface area contributed by atoms with Crippen molar-refractivity contribution in [1.82, 2.24) is 10.3 Å². The summed E-state index contributed by atoms with van der Waals surface area (Å²) >= 11 is 0. The number of hydrogen-bond acceptors (Lipinski definition) is 4. The van der Waals surface area contributed by atoms with Crippen LogP contribution in [0.2, 0.25) is 0 Å². The van der Waals surface area contributed by atoms with Crippen molar-refractivity contribution < 1.29 is 14.7 Å². The molecule has 1 unspecified atom stereocenters. The van der Waals surface area contributed by atoms with Crippen LogP contribution in [0.1, 0.15) is 32.3 Å². The molecule has 2 atom stereocenters. The molecule has 3 N–H and O–H groups in total. The van der Waals surface area contributed by atoms with Gasteiger partial charge in [0.2, 0.25) is 5.91 Å². The zero-order valence-corrected chi connectivity index (χ0v) is 14.4. The van der Waals surface area contributed by atoms with E-state index in [-0.39, 0.29) is 12.3 Å². The smallest absolute Gasteiger partial charge is 0.326 e. The van der Waals surface area contributed by atoms with Gasteiger partial charge in [0.25, 0.3) is 0 Å². The van der Waals surface area contributed by atoms with Crippen molar-refractivity contribution in [3.63, 3.8) is 0 Å². The molecule has 0 saturated heterocycles. The van der Waals surface area contributed by atoms with E-state index >= 15 is 0 Å². The lowest BCUT2D eigenvalue weighted by atomic mass is 10.0. The minimum atomic E-state index is -1.12. The SMILES string of the molecule is CC(C)CC(N=O)C(=O)N[C@@H](CCc1c[nH]c2ccccc12)C(=O)O. The minimum absolute atomic E-state index is 0.114. The van der Waals surface area contributed by atoms with Crippen LogP contribution in [0.5, 0.6) is 0 Å². The van der Waals surface area contributed by atoms with E-state index in [1.54, 1.807) is 0 Å². The van der Waals surface area contributed by atoms with Crippen LogP contribution in [0.25, 0.3) is 10.9 Å². The number of carboxylic acids is 1. The van der Waals surface area contributed by atoms with Gasteiger partial charge in [-0.1, -0.05) is 37.2 Å². The highest BCUT2D eigenvalue weighted by Crippen LogP contribution is 2.19. The number of para-hydroxylation sites is 1. The van der Waals surface area contributed by atoms with E-state index in [0.29, 0.717) is 12.8 Å². The monoisotopic (exact) mass is 345 g/mol. The number of aromatic amines is 1. The van der Waals surface area contributed by atoms with Crippen LogP contribution in [0, 0.1) is 10.8 Å². The number of nitrogens with one attached hydrogen (secondary N) is 2. The molecule has 0 fully saturated rings. The molecule has 0 bridgehead atoms. The third kappa shape index (κ3) is 4.89. The van der Waals surface area contributed by atoms with Gasteiger partial charge in [-0.05, 0) is 36.8 Å². The van der Waals surface area contributed by atoms with Gasteiger partial charge in [-0.25, -0.2) is 4.79 Å². The Kier molecular flexibility index (Phi) is 6.27. The first-order valence-corrected chi connectivity index (χ1v) is 8.33. The van der Waals surface area contributed by atoms with Gasteiger partial charge >= 0.3 is 5.97 Å². The first-order valence-electron chi connectivity index (χ1n) is 8.33. The molecule has 7 heteroatoms. The average molecular weight is 345 g/mol. The van der Waals surface area contributed by atoms with E-state index in [1.807, 2.05) is 44.3 Å². The molecule has 0 aliphatic carbocycles. The van der Waals surface area contributed by atoms with Crippen molar-refractivity contribution in [1.29, 1.82) is 0 Å². The fraction of sp³-hybridized carbons (Fsp3) is 0.444. The lowest BCUT2D eigenvalue weighted by molar-refractivity contribution is -0.142. The number of fused-ring (bicyclic) bond motifs is 1. The Balaban J connectivity index is 2.02. The number of amides is 1. The Bertz CT molecular complexity index is 754. The molecule has 1 aromatic heterocycles. The second-order valence-electron chi connectivity index (χ2n) is 6.55. The Morgan fingerprint density at radius 3 is 2.64 bits per heavy atom. The molecule has 0 aliphatic rings. The normalized spacial score (nSPS) is 13.6. The van der Waals surface area contributed by atoms with Gasteiger partial charge in [-0.3, -0.25) is 4.79 Å². The summed E-state index contributed by atoms with van der Waals surface area (Å²) in [5.74, 6) is -1.64. The molecule has 0 radical (unpaired) electrons. The van der Waals surface area contributed by atoms with Crippen molar-refractivity contribution in [2.75, 3.05) is 0 Å². The summed E-state index contributed by atoms with van der Waals surface area (Å²) in [7, 11) is 0. The number of H-pyrrole nitrogens is 1. The van der Waals surface area contributed by atoms with Crippen LogP contribution in [-0.2, 0) is 16.0 Å². The number of aryl methyl sites for hydroxylation is 1. The van der Waals surface area contributed by atoms with Crippen molar-refractivity contribution in [3.8, 4) is 0 Å². The number of carbonyl (C=O) groups excluding carboxylic acids is 1. The number of carbonyl (C=O) groups is 2. The summed E-state index contributed by atoms with van der Waals surface area (Å²) in [6.45, 7) is 3.74. The number of aromatic nitrogens is 1. The number of nitrogens with zero attached hydrogens (tertiary/aromatic N) is 1. The molecule has 2 rings (SSSR count). The van der Waals surface area contributed by atoms with Crippen molar-refractivity contribution in [2.24, 2.45) is 11.1 Å². The highest BCUT2D eigenvalue weighted by atomic mass is 16.4. The van der Waals surface area contributed by atoms with E-state index < -0.39 is 24.0 Å². The van der Waals surface area contributed by atoms with E-state index in [0.717, 1.165) is 16.5 Å². The molecule has 0 aliphatic heterocycles. The Hall–Kier alpha value is -2.70. The lowest BCUT2D eigenvalue weighted by Crippen LogP contribution is -2.45. The Morgan fingerprint density at radius 1 is 1.28 bits per heavy atom. The van der Waals surface area contributed by atoms with Crippen LogP contribution >= 0.6 is 0 Å². The second-order valence-corrected chi connectivity index (χ2v) is 6.55. The quantitative estimate of drug-likeness (QED) is 0.607. The zero-order valence-electron chi connectivity index (χ0n) is 14.4. The van der Waals surface area contributed by atoms with Gasteiger partial charge in [0, 0.05) is 17.1 Å². The first-order chi connectivity index (χ1) is 11.9. The number of carboxylic acid groups (broad SMARTS) is 1. The van der Waals surface area contributed by atoms with Gasteiger partial charge in [-0.2, -0.15) is 0 Å². The standard InChI is InChI=1S/C18H23N3O4/c1-11(2)9-16(21-25)17(22)20-15(18(23)24)8-7-12-10-19-14-6-4-3-5-13(12)14/h3-6,10-11,15-16,19H,7-9H2,1-2H3,(H,20,22)(H,23,24)/t15-,16?/m0/s1. The lowest BCUT2D eigenvalue weighted by Gasteiger charge is -2.17. The van der Waals surface area contributed by atoms with Gasteiger partial charge in [0.15, 0.2) is 6.04 Å². The Labute approximate surface area is 145 Å². The summed E-state index contributed by atoms with van der Waals surface area (Å²) in [5, 5.41) is 15.7. The highest BCUT2D eigenvalue weighted by molar-refractivity contribution is 5.87. The number of rotatable bonds is 9. The maximum absolute atomic E-state index is 12.1. The number of benzene rings is 1. The molecule has 25 heavy (non-hydrogen) atoms. The molecule has 0 spiro atoms. The fourth-order valence-electron chi connectivity index (χ4n) is 2.81. The van der Waals surface area contributed by atoms with Gasteiger partial charge in [-0.15, -0.1) is 4.91 Å². The van der Waals surface area contributed by atoms with Crippen LogP contribution in [-0.4, -0.2) is 34.1 Å². The molecular weight excluding hydrogens is 322 g/mol. The van der Waals surface area contributed by atoms with E-state index in [1.165, 1.54) is 0 Å². The molecule has 2 aromatic rings. The molecule has 0 saturated carbocycles. The average Bonchev–Trinajstić information content (AvgIpc) is 2.99. The maximum atomic E-state index is 12.1. The van der Waals surface area contributed by atoms with Gasteiger partial charge < -0.3 is 15.4 Å². The summed E-state index contributed by atoms with van der Waals surface area (Å²) < 4.78 is 0. The molecule has 1 heterocycles. The van der Waals surface area contributed by atoms with Crippen LogP contribution in [0.3, 0.4) is 0 Å². The Morgan fingerprint density at radius 2 is 2.00 bits per heavy atom. The van der Waals surface area contributed by atoms with Crippen LogP contribution < -0.4 is 5.32 Å². The highest BCUT2D eigenvalue weighted by Gasteiger charge is 2.26. The number of aliphatic carboxylic acids is 1. The number of nitroso groups, excluding NO2 is 1. The van der Waals surface area contributed by atoms with Crippen molar-refractivity contribution in [2.45, 2.75) is 45.2 Å². The molecule has 134 valence electrons. The molecule has 7 nitrogen and oxygen atoms in total. The molecule has 1 aromatic carbocycles. The van der Waals surface area contributed by atoms with E-state index in [9.17, 15) is 19.6 Å². The molecular formula is C18H23N3O4. The topological polar surface area (TPSA) is 112 Å². The first kappa shape index (κ1) is 18.6. The summed E-state index contributed by atoms with van der Waals surface area (Å²) in [6, 6.07) is 5.63. The zero-order chi connectivity index (χ0) is 18.4. The summed E-state index contributed by atoms with van der Waals surface area (Å²) in [6.07, 6.45) is 2.87. The van der Waals surface area contributed by atoms with E-state index in [4.69, 9.17) is 0 Å². The van der Waals surface area contributed by atoms with Crippen molar-refractivity contribution in [3.05, 3.63) is 40.9 Å². The maximum Gasteiger partial charge on any atom is 0.326 e. The third-order valence-electron chi connectivity index (χ3n) is 4.12. The third-order valence-corrected chi connectivity index (χ3v) is 4.12.